The molecule has 1 aliphatic carbocycles. The van der Waals surface area contributed by atoms with E-state index in [0.717, 1.165) is 11.1 Å². The molecule has 0 radical (unpaired) electrons. The Balaban J connectivity index is 2.58. The Hall–Kier alpha value is -1.56. The molecule has 0 spiro atoms. The Morgan fingerprint density at radius 3 is 2.30 bits per heavy atom. The van der Waals surface area contributed by atoms with Crippen molar-refractivity contribution in [3.8, 4) is 0 Å². The van der Waals surface area contributed by atoms with E-state index >= 15 is 0 Å². The molecule has 0 aliphatic heterocycles. The SMILES string of the molecule is [2H]C([2H])([2H])C1(C)c2ccc(C)cc2C(C)(C([2H])([2H])[2H])c2c(C)cccc21. The molecule has 3 rings (SSSR count). The Morgan fingerprint density at radius 1 is 0.850 bits per heavy atom. The van der Waals surface area contributed by atoms with E-state index in [4.69, 9.17) is 8.22 Å². The molecular formula is C20H24. The van der Waals surface area contributed by atoms with Crippen LogP contribution in [-0.2, 0) is 10.8 Å². The van der Waals surface area contributed by atoms with Crippen molar-refractivity contribution in [1.29, 1.82) is 0 Å². The first-order valence-electron chi connectivity index (χ1n) is 9.98. The third-order valence-electron chi connectivity index (χ3n) is 4.56. The van der Waals surface area contributed by atoms with Gasteiger partial charge in [-0.25, -0.2) is 0 Å². The van der Waals surface area contributed by atoms with Crippen molar-refractivity contribution in [1.82, 2.24) is 0 Å². The van der Waals surface area contributed by atoms with E-state index < -0.39 is 24.5 Å². The van der Waals surface area contributed by atoms with Crippen LogP contribution in [0.5, 0.6) is 0 Å². The second-order valence-electron chi connectivity index (χ2n) is 6.30. The summed E-state index contributed by atoms with van der Waals surface area (Å²) in [7, 11) is 0. The molecule has 0 saturated heterocycles. The molecule has 2 atom stereocenters. The third-order valence-corrected chi connectivity index (χ3v) is 4.56. The van der Waals surface area contributed by atoms with Crippen LogP contribution < -0.4 is 0 Å². The molecule has 0 saturated carbocycles. The molecule has 0 N–H and O–H groups in total. The van der Waals surface area contributed by atoms with Gasteiger partial charge in [-0.05, 0) is 41.7 Å². The zero-order valence-electron chi connectivity index (χ0n) is 18.5. The molecule has 0 fully saturated rings. The zero-order valence-corrected chi connectivity index (χ0v) is 12.5. The summed E-state index contributed by atoms with van der Waals surface area (Å²) in [4.78, 5) is 0. The van der Waals surface area contributed by atoms with E-state index in [1.807, 2.05) is 38.1 Å². The van der Waals surface area contributed by atoms with E-state index in [0.29, 0.717) is 22.3 Å². The van der Waals surface area contributed by atoms with Gasteiger partial charge in [-0.15, -0.1) is 0 Å². The molecule has 2 unspecified atom stereocenters. The van der Waals surface area contributed by atoms with Crippen LogP contribution in [0.4, 0.5) is 0 Å². The molecule has 0 nitrogen and oxygen atoms in total. The van der Waals surface area contributed by atoms with Crippen LogP contribution >= 0.6 is 0 Å². The molecule has 1 aliphatic rings. The van der Waals surface area contributed by atoms with E-state index in [-0.39, 0.29) is 0 Å². The van der Waals surface area contributed by atoms with Gasteiger partial charge in [-0.2, -0.15) is 0 Å². The maximum absolute atomic E-state index is 8.33. The Labute approximate surface area is 131 Å². The summed E-state index contributed by atoms with van der Waals surface area (Å²) in [6.45, 7) is 2.58. The molecule has 2 aromatic rings. The van der Waals surface area contributed by atoms with Crippen molar-refractivity contribution in [2.75, 3.05) is 0 Å². The van der Waals surface area contributed by atoms with Gasteiger partial charge in [0.25, 0.3) is 0 Å². The van der Waals surface area contributed by atoms with Gasteiger partial charge in [0.2, 0.25) is 0 Å². The van der Waals surface area contributed by atoms with Gasteiger partial charge in [-0.1, -0.05) is 69.5 Å². The van der Waals surface area contributed by atoms with Crippen molar-refractivity contribution >= 4 is 0 Å². The summed E-state index contributed by atoms with van der Waals surface area (Å²) in [6, 6.07) is 11.0. The summed E-state index contributed by atoms with van der Waals surface area (Å²) in [5, 5.41) is 0. The minimum atomic E-state index is -2.31. The normalized spacial score (nSPS) is 33.6. The topological polar surface area (TPSA) is 0 Å². The predicted molar refractivity (Wildman–Crippen MR) is 86.6 cm³/mol. The molecule has 0 aromatic heterocycles. The van der Waals surface area contributed by atoms with Gasteiger partial charge in [0.05, 0.1) is 0 Å². The van der Waals surface area contributed by atoms with E-state index in [9.17, 15) is 0 Å². The molecular weight excluding hydrogens is 240 g/mol. The highest BCUT2D eigenvalue weighted by atomic mass is 14.4. The van der Waals surface area contributed by atoms with Crippen LogP contribution in [0, 0.1) is 13.8 Å². The van der Waals surface area contributed by atoms with Crippen molar-refractivity contribution in [3.05, 3.63) is 69.8 Å². The van der Waals surface area contributed by atoms with Gasteiger partial charge >= 0.3 is 0 Å². The van der Waals surface area contributed by atoms with Crippen LogP contribution in [0.15, 0.2) is 36.4 Å². The lowest BCUT2D eigenvalue weighted by atomic mass is 9.59. The smallest absolute Gasteiger partial charge is 0.0243 e. The summed E-state index contributed by atoms with van der Waals surface area (Å²) < 4.78 is 49.9. The van der Waals surface area contributed by atoms with E-state index in [1.165, 1.54) is 0 Å². The van der Waals surface area contributed by atoms with Gasteiger partial charge in [-0.3, -0.25) is 0 Å². The standard InChI is InChI=1S/C20H24/c1-13-10-11-15-17(12-13)20(5,6)18-14(2)8-7-9-16(18)19(15,3)4/h7-12H,1-6H3/i3D3,5D3. The van der Waals surface area contributed by atoms with E-state index in [2.05, 4.69) is 0 Å². The third kappa shape index (κ3) is 1.60. The quantitative estimate of drug-likeness (QED) is 0.612. The second-order valence-corrected chi connectivity index (χ2v) is 6.30. The fraction of sp³-hybridized carbons (Fsp3) is 0.400. The van der Waals surface area contributed by atoms with Gasteiger partial charge in [0, 0.05) is 19.1 Å². The lowest BCUT2D eigenvalue weighted by molar-refractivity contribution is 0.517. The summed E-state index contributed by atoms with van der Waals surface area (Å²) >= 11 is 0. The largest absolute Gasteiger partial charge is 0.0617 e. The molecule has 0 amide bonds. The van der Waals surface area contributed by atoms with Gasteiger partial charge in [0.15, 0.2) is 0 Å². The molecule has 0 bridgehead atoms. The highest BCUT2D eigenvalue weighted by Crippen LogP contribution is 2.50. The average molecular weight is 270 g/mol. The van der Waals surface area contributed by atoms with Crippen LogP contribution in [0.25, 0.3) is 0 Å². The second kappa shape index (κ2) is 3.97. The van der Waals surface area contributed by atoms with Crippen molar-refractivity contribution < 1.29 is 8.22 Å². The molecule has 104 valence electrons. The molecule has 20 heavy (non-hydrogen) atoms. The number of benzene rings is 2. The minimum Gasteiger partial charge on any atom is -0.0617 e. The van der Waals surface area contributed by atoms with Crippen LogP contribution in [0.3, 0.4) is 0 Å². The molecule has 2 aromatic carbocycles. The number of aryl methyl sites for hydroxylation is 2. The molecule has 0 heteroatoms. The fourth-order valence-corrected chi connectivity index (χ4v) is 3.54. The summed E-state index contributed by atoms with van der Waals surface area (Å²) in [5.41, 5.74) is 1.59. The van der Waals surface area contributed by atoms with Crippen molar-refractivity contribution in [3.63, 3.8) is 0 Å². The monoisotopic (exact) mass is 270 g/mol. The fourth-order valence-electron chi connectivity index (χ4n) is 3.54. The Bertz CT molecular complexity index is 877. The highest BCUT2D eigenvalue weighted by molar-refractivity contribution is 5.60. The van der Waals surface area contributed by atoms with E-state index in [1.54, 1.807) is 26.0 Å². The number of hydrogen-bond acceptors (Lipinski definition) is 0. The van der Waals surface area contributed by atoms with Crippen LogP contribution in [0.1, 0.15) is 69.2 Å². The lowest BCUT2D eigenvalue weighted by Crippen LogP contribution is -2.37. The summed E-state index contributed by atoms with van der Waals surface area (Å²) in [5.74, 6) is 0. The maximum atomic E-state index is 8.33. The van der Waals surface area contributed by atoms with Crippen molar-refractivity contribution in [2.45, 2.75) is 52.2 Å². The Kier molecular flexibility index (Phi) is 1.59. The van der Waals surface area contributed by atoms with Crippen LogP contribution in [0.2, 0.25) is 0 Å². The zero-order chi connectivity index (χ0) is 19.7. The lowest BCUT2D eigenvalue weighted by Gasteiger charge is -2.44. The van der Waals surface area contributed by atoms with Gasteiger partial charge in [0.1, 0.15) is 0 Å². The summed E-state index contributed by atoms with van der Waals surface area (Å²) in [6.07, 6.45) is 0. The Morgan fingerprint density at radius 2 is 1.60 bits per heavy atom. The number of rotatable bonds is 0. The maximum Gasteiger partial charge on any atom is 0.0243 e. The first-order valence-corrected chi connectivity index (χ1v) is 6.98. The predicted octanol–water partition coefficient (Wildman–Crippen LogP) is 5.27. The highest BCUT2D eigenvalue weighted by Gasteiger charge is 2.42. The van der Waals surface area contributed by atoms with Gasteiger partial charge < -0.3 is 0 Å². The average Bonchev–Trinajstić information content (AvgIpc) is 2.50. The first kappa shape index (κ1) is 8.02. The number of hydrogen-bond donors (Lipinski definition) is 0. The molecule has 0 heterocycles. The minimum absolute atomic E-state index is 0.583. The first-order chi connectivity index (χ1) is 11.8. The van der Waals surface area contributed by atoms with Crippen molar-refractivity contribution in [2.24, 2.45) is 0 Å². The number of fused-ring (bicyclic) bond motifs is 2. The van der Waals surface area contributed by atoms with Crippen LogP contribution in [-0.4, -0.2) is 0 Å².